The van der Waals surface area contributed by atoms with Crippen molar-refractivity contribution in [1.82, 2.24) is 0 Å². The van der Waals surface area contributed by atoms with Crippen LogP contribution in [0.15, 0.2) is 60.3 Å². The first kappa shape index (κ1) is 16.6. The molecular formula is C18H14N4O2. The normalized spacial score (nSPS) is 9.12. The highest BCUT2D eigenvalue weighted by Gasteiger charge is 2.10. The molecule has 0 bridgehead atoms. The second-order valence-corrected chi connectivity index (χ2v) is 4.66. The summed E-state index contributed by atoms with van der Waals surface area (Å²) < 4.78 is 5.21. The summed E-state index contributed by atoms with van der Waals surface area (Å²) >= 11 is 0. The lowest BCUT2D eigenvalue weighted by atomic mass is 10.1. The van der Waals surface area contributed by atoms with Gasteiger partial charge in [0.2, 0.25) is 0 Å². The Labute approximate surface area is 139 Å². The fourth-order valence-corrected chi connectivity index (χ4v) is 1.93. The summed E-state index contributed by atoms with van der Waals surface area (Å²) in [6, 6.07) is 17.4. The van der Waals surface area contributed by atoms with E-state index in [0.717, 1.165) is 0 Å². The highest BCUT2D eigenvalue weighted by atomic mass is 16.5. The van der Waals surface area contributed by atoms with Gasteiger partial charge in [-0.1, -0.05) is 18.2 Å². The van der Waals surface area contributed by atoms with E-state index >= 15 is 0 Å². The van der Waals surface area contributed by atoms with E-state index in [9.17, 15) is 4.79 Å². The standard InChI is InChI=1S/C18H14N4O2/c1-24-17-8-7-14(9-16(17)21-12-13(10-19)11-20)18(23)22-15-5-3-2-4-6-15/h2-9,12,21H,1H3,(H,22,23). The number of carbonyl (C=O) groups is 1. The first-order chi connectivity index (χ1) is 11.7. The molecule has 0 radical (unpaired) electrons. The third-order valence-electron chi connectivity index (χ3n) is 3.11. The molecule has 0 aliphatic rings. The Balaban J connectivity index is 2.25. The number of nitrogens with zero attached hydrogens (tertiary/aromatic N) is 2. The van der Waals surface area contributed by atoms with Crippen LogP contribution in [0.5, 0.6) is 5.75 Å². The van der Waals surface area contributed by atoms with E-state index < -0.39 is 0 Å². The molecule has 2 rings (SSSR count). The van der Waals surface area contributed by atoms with Crippen LogP contribution in [0.2, 0.25) is 0 Å². The second-order valence-electron chi connectivity index (χ2n) is 4.66. The highest BCUT2D eigenvalue weighted by Crippen LogP contribution is 2.26. The van der Waals surface area contributed by atoms with E-state index in [-0.39, 0.29) is 11.5 Å². The Morgan fingerprint density at radius 3 is 2.46 bits per heavy atom. The fourth-order valence-electron chi connectivity index (χ4n) is 1.93. The van der Waals surface area contributed by atoms with Crippen molar-refractivity contribution in [1.29, 1.82) is 10.5 Å². The molecule has 2 N–H and O–H groups in total. The van der Waals surface area contributed by atoms with E-state index in [1.54, 1.807) is 42.5 Å². The Bertz CT molecular complexity index is 830. The summed E-state index contributed by atoms with van der Waals surface area (Å²) in [5.41, 5.74) is 1.48. The van der Waals surface area contributed by atoms with Gasteiger partial charge in [-0.15, -0.1) is 0 Å². The first-order valence-corrected chi connectivity index (χ1v) is 6.99. The lowest BCUT2D eigenvalue weighted by molar-refractivity contribution is 0.102. The molecule has 0 atom stereocenters. The third kappa shape index (κ3) is 4.12. The number of benzene rings is 2. The number of rotatable bonds is 5. The van der Waals surface area contributed by atoms with Crippen molar-refractivity contribution in [2.24, 2.45) is 0 Å². The zero-order chi connectivity index (χ0) is 17.4. The van der Waals surface area contributed by atoms with Crippen LogP contribution in [-0.2, 0) is 0 Å². The smallest absolute Gasteiger partial charge is 0.255 e. The number of nitriles is 2. The number of ether oxygens (including phenoxy) is 1. The van der Waals surface area contributed by atoms with Crippen molar-refractivity contribution in [2.45, 2.75) is 0 Å². The highest BCUT2D eigenvalue weighted by molar-refractivity contribution is 6.05. The predicted octanol–water partition coefficient (Wildman–Crippen LogP) is 3.29. The number of methoxy groups -OCH3 is 1. The minimum absolute atomic E-state index is 0.0869. The summed E-state index contributed by atoms with van der Waals surface area (Å²) in [6.07, 6.45) is 1.26. The molecule has 0 aromatic heterocycles. The van der Waals surface area contributed by atoms with Crippen LogP contribution in [0.25, 0.3) is 0 Å². The number of amides is 1. The molecule has 2 aromatic carbocycles. The topological polar surface area (TPSA) is 97.9 Å². The van der Waals surface area contributed by atoms with Crippen molar-refractivity contribution >= 4 is 17.3 Å². The van der Waals surface area contributed by atoms with Gasteiger partial charge in [0.25, 0.3) is 5.91 Å². The molecule has 0 heterocycles. The molecule has 0 aliphatic heterocycles. The van der Waals surface area contributed by atoms with Gasteiger partial charge in [-0.2, -0.15) is 10.5 Å². The molecule has 6 heteroatoms. The van der Waals surface area contributed by atoms with Crippen LogP contribution in [0.4, 0.5) is 11.4 Å². The zero-order valence-corrected chi connectivity index (χ0v) is 12.9. The Morgan fingerprint density at radius 2 is 1.83 bits per heavy atom. The maximum absolute atomic E-state index is 12.3. The molecule has 6 nitrogen and oxygen atoms in total. The van der Waals surface area contributed by atoms with E-state index in [4.69, 9.17) is 15.3 Å². The van der Waals surface area contributed by atoms with Crippen LogP contribution in [0, 0.1) is 22.7 Å². The van der Waals surface area contributed by atoms with Gasteiger partial charge in [-0.3, -0.25) is 4.79 Å². The molecule has 0 spiro atoms. The quantitative estimate of drug-likeness (QED) is 0.824. The molecule has 0 fully saturated rings. The van der Waals surface area contributed by atoms with Gasteiger partial charge < -0.3 is 15.4 Å². The van der Waals surface area contributed by atoms with Gasteiger partial charge in [-0.25, -0.2) is 0 Å². The molecule has 0 unspecified atom stereocenters. The zero-order valence-electron chi connectivity index (χ0n) is 12.9. The van der Waals surface area contributed by atoms with Crippen LogP contribution in [0.3, 0.4) is 0 Å². The van der Waals surface area contributed by atoms with Crippen molar-refractivity contribution in [2.75, 3.05) is 17.7 Å². The molecule has 24 heavy (non-hydrogen) atoms. The van der Waals surface area contributed by atoms with Gasteiger partial charge in [-0.05, 0) is 30.3 Å². The SMILES string of the molecule is COc1ccc(C(=O)Nc2ccccc2)cc1NC=C(C#N)C#N. The van der Waals surface area contributed by atoms with Crippen molar-refractivity contribution < 1.29 is 9.53 Å². The molecule has 118 valence electrons. The first-order valence-electron chi connectivity index (χ1n) is 6.99. The lowest BCUT2D eigenvalue weighted by Gasteiger charge is -2.11. The molecule has 1 amide bonds. The van der Waals surface area contributed by atoms with E-state index in [2.05, 4.69) is 10.6 Å². The summed E-state index contributed by atoms with van der Waals surface area (Å²) in [5, 5.41) is 23.1. The number of hydrogen-bond acceptors (Lipinski definition) is 5. The minimum atomic E-state index is -0.281. The number of nitrogens with one attached hydrogen (secondary N) is 2. The van der Waals surface area contributed by atoms with Crippen LogP contribution >= 0.6 is 0 Å². The summed E-state index contributed by atoms with van der Waals surface area (Å²) in [6.45, 7) is 0. The van der Waals surface area contributed by atoms with Crippen LogP contribution in [0.1, 0.15) is 10.4 Å². The molecule has 0 saturated heterocycles. The van der Waals surface area contributed by atoms with Gasteiger partial charge >= 0.3 is 0 Å². The van der Waals surface area contributed by atoms with E-state index in [1.165, 1.54) is 13.3 Å². The van der Waals surface area contributed by atoms with Crippen molar-refractivity contribution in [3.05, 3.63) is 65.9 Å². The Morgan fingerprint density at radius 1 is 1.12 bits per heavy atom. The van der Waals surface area contributed by atoms with E-state index in [1.807, 2.05) is 18.2 Å². The Hall–Kier alpha value is -3.77. The van der Waals surface area contributed by atoms with Gasteiger partial charge in [0, 0.05) is 17.5 Å². The molecule has 0 aliphatic carbocycles. The van der Waals surface area contributed by atoms with Crippen molar-refractivity contribution in [3.8, 4) is 17.9 Å². The predicted molar refractivity (Wildman–Crippen MR) is 90.3 cm³/mol. The number of carbonyl (C=O) groups excluding carboxylic acids is 1. The maximum Gasteiger partial charge on any atom is 0.255 e. The third-order valence-corrected chi connectivity index (χ3v) is 3.11. The van der Waals surface area contributed by atoms with Gasteiger partial charge in [0.15, 0.2) is 0 Å². The van der Waals surface area contributed by atoms with Gasteiger partial charge in [0.1, 0.15) is 23.5 Å². The number of para-hydroxylation sites is 1. The fraction of sp³-hybridized carbons (Fsp3) is 0.0556. The molecule has 2 aromatic rings. The Kier molecular flexibility index (Phi) is 5.55. The molecule has 0 saturated carbocycles. The van der Waals surface area contributed by atoms with Crippen molar-refractivity contribution in [3.63, 3.8) is 0 Å². The minimum Gasteiger partial charge on any atom is -0.495 e. The number of allylic oxidation sites excluding steroid dienone is 1. The summed E-state index contributed by atoms with van der Waals surface area (Å²) in [5.74, 6) is 0.203. The summed E-state index contributed by atoms with van der Waals surface area (Å²) in [7, 11) is 1.49. The summed E-state index contributed by atoms with van der Waals surface area (Å²) in [4.78, 5) is 12.3. The maximum atomic E-state index is 12.3. The number of hydrogen-bond donors (Lipinski definition) is 2. The number of anilines is 2. The molecular weight excluding hydrogens is 304 g/mol. The van der Waals surface area contributed by atoms with Gasteiger partial charge in [0.05, 0.1) is 12.8 Å². The van der Waals surface area contributed by atoms with Crippen LogP contribution in [-0.4, -0.2) is 13.0 Å². The van der Waals surface area contributed by atoms with E-state index in [0.29, 0.717) is 22.7 Å². The largest absolute Gasteiger partial charge is 0.495 e. The average Bonchev–Trinajstić information content (AvgIpc) is 2.63. The monoisotopic (exact) mass is 318 g/mol. The second kappa shape index (κ2) is 8.02. The average molecular weight is 318 g/mol. The van der Waals surface area contributed by atoms with Crippen LogP contribution < -0.4 is 15.4 Å². The lowest BCUT2D eigenvalue weighted by Crippen LogP contribution is -2.12.